The van der Waals surface area contributed by atoms with Gasteiger partial charge >= 0.3 is 5.97 Å². The molecule has 20 heavy (non-hydrogen) atoms. The van der Waals surface area contributed by atoms with Crippen LogP contribution in [0.2, 0.25) is 0 Å². The summed E-state index contributed by atoms with van der Waals surface area (Å²) in [5.74, 6) is 0.0106. The van der Waals surface area contributed by atoms with E-state index in [2.05, 4.69) is 25.5 Å². The average Bonchev–Trinajstić information content (AvgIpc) is 2.67. The lowest BCUT2D eigenvalue weighted by atomic mass is 10.4. The van der Waals surface area contributed by atoms with Crippen molar-refractivity contribution in [2.75, 3.05) is 33.7 Å². The predicted molar refractivity (Wildman–Crippen MR) is 73.2 cm³/mol. The molecule has 1 N–H and O–H groups in total. The van der Waals surface area contributed by atoms with Crippen molar-refractivity contribution in [2.24, 2.45) is 17.3 Å². The Balaban J connectivity index is 0.00000361. The first-order valence-corrected chi connectivity index (χ1v) is 5.60. The standard InChI is InChI=1S/C11H19N6O2.HI/c1-16-9(11(18)19-5)8-10(15-16)14-12-6-7-13-17(2,3)4;/h6-8H,1-5H3,(H,14,15);1H/q+1;/p-1. The topological polar surface area (TPSA) is 80.9 Å². The number of esters is 1. The molecule has 1 heterocycles. The normalized spacial score (nSPS) is 11.7. The summed E-state index contributed by atoms with van der Waals surface area (Å²) in [6.07, 6.45) is 3.09. The molecule has 0 radical (unpaired) electrons. The number of ether oxygens (including phenoxy) is 1. The van der Waals surface area contributed by atoms with Crippen LogP contribution in [0.15, 0.2) is 16.3 Å². The van der Waals surface area contributed by atoms with E-state index in [1.165, 1.54) is 18.0 Å². The van der Waals surface area contributed by atoms with Crippen LogP contribution in [0.5, 0.6) is 0 Å². The number of aromatic nitrogens is 2. The second-order valence-corrected chi connectivity index (χ2v) is 4.63. The van der Waals surface area contributed by atoms with Gasteiger partial charge in [-0.2, -0.15) is 10.2 Å². The molecular weight excluding hydrogens is 375 g/mol. The molecule has 0 aliphatic rings. The van der Waals surface area contributed by atoms with Gasteiger partial charge in [0.2, 0.25) is 0 Å². The minimum absolute atomic E-state index is 0. The minimum atomic E-state index is -0.446. The van der Waals surface area contributed by atoms with Crippen molar-refractivity contribution in [1.82, 2.24) is 9.78 Å². The monoisotopic (exact) mass is 394 g/mol. The highest BCUT2D eigenvalue weighted by atomic mass is 127. The highest BCUT2D eigenvalue weighted by Crippen LogP contribution is 2.08. The van der Waals surface area contributed by atoms with E-state index >= 15 is 0 Å². The molecule has 0 atom stereocenters. The van der Waals surface area contributed by atoms with Gasteiger partial charge in [0.1, 0.15) is 11.9 Å². The Morgan fingerprint density at radius 3 is 2.65 bits per heavy atom. The summed E-state index contributed by atoms with van der Waals surface area (Å²) in [7, 11) is 8.76. The molecule has 0 aliphatic carbocycles. The van der Waals surface area contributed by atoms with Crippen LogP contribution in [0.3, 0.4) is 0 Å². The summed E-state index contributed by atoms with van der Waals surface area (Å²) < 4.78 is 6.50. The molecule has 0 fully saturated rings. The SMILES string of the molecule is COC(=O)c1cc(NN=CC=N[N+](C)(C)C)nn1C.[I-]. The molecule has 8 nitrogen and oxygen atoms in total. The van der Waals surface area contributed by atoms with Crippen LogP contribution in [-0.4, -0.2) is 61.0 Å². The lowest BCUT2D eigenvalue weighted by Gasteiger charge is -2.13. The van der Waals surface area contributed by atoms with Crippen molar-refractivity contribution >= 4 is 24.2 Å². The van der Waals surface area contributed by atoms with Crippen LogP contribution in [0, 0.1) is 0 Å². The summed E-state index contributed by atoms with van der Waals surface area (Å²) in [6, 6.07) is 1.56. The fraction of sp³-hybridized carbons (Fsp3) is 0.455. The van der Waals surface area contributed by atoms with E-state index in [9.17, 15) is 4.79 Å². The molecule has 0 saturated heterocycles. The smallest absolute Gasteiger partial charge is 0.356 e. The third kappa shape index (κ3) is 6.10. The molecule has 0 spiro atoms. The van der Waals surface area contributed by atoms with Crippen molar-refractivity contribution in [3.05, 3.63) is 11.8 Å². The van der Waals surface area contributed by atoms with Crippen molar-refractivity contribution in [3.63, 3.8) is 0 Å². The van der Waals surface area contributed by atoms with Gasteiger partial charge < -0.3 is 28.7 Å². The number of aryl methyl sites for hydroxylation is 1. The van der Waals surface area contributed by atoms with Gasteiger partial charge in [0.15, 0.2) is 5.82 Å². The second kappa shape index (κ2) is 7.94. The number of anilines is 1. The third-order valence-electron chi connectivity index (χ3n) is 2.01. The molecule has 0 amide bonds. The molecule has 0 unspecified atom stereocenters. The lowest BCUT2D eigenvalue weighted by Crippen LogP contribution is -3.00. The van der Waals surface area contributed by atoms with Gasteiger partial charge in [0, 0.05) is 13.1 Å². The molecule has 1 aromatic heterocycles. The van der Waals surface area contributed by atoms with E-state index in [0.29, 0.717) is 16.1 Å². The van der Waals surface area contributed by atoms with Gasteiger partial charge in [-0.1, -0.05) is 5.10 Å². The van der Waals surface area contributed by atoms with E-state index in [1.807, 2.05) is 21.1 Å². The molecule has 9 heteroatoms. The summed E-state index contributed by atoms with van der Waals surface area (Å²) in [5.41, 5.74) is 3.05. The number of halogens is 1. The molecule has 0 saturated carbocycles. The Hall–Kier alpha value is -1.49. The van der Waals surface area contributed by atoms with Crippen LogP contribution in [0.4, 0.5) is 5.82 Å². The van der Waals surface area contributed by atoms with E-state index < -0.39 is 5.97 Å². The van der Waals surface area contributed by atoms with Gasteiger partial charge in [-0.25, -0.2) is 9.39 Å². The summed E-state index contributed by atoms with van der Waals surface area (Å²) in [4.78, 5) is 11.4. The molecule has 0 aromatic carbocycles. The van der Waals surface area contributed by atoms with Crippen LogP contribution < -0.4 is 29.4 Å². The summed E-state index contributed by atoms with van der Waals surface area (Å²) in [5, 5.41) is 12.2. The van der Waals surface area contributed by atoms with Gasteiger partial charge in [-0.05, 0) is 0 Å². The number of methoxy groups -OCH3 is 1. The zero-order valence-electron chi connectivity index (χ0n) is 12.2. The molecular formula is C11H19IN6O2. The van der Waals surface area contributed by atoms with Crippen molar-refractivity contribution in [1.29, 1.82) is 0 Å². The minimum Gasteiger partial charge on any atom is -1.00 e. The summed E-state index contributed by atoms with van der Waals surface area (Å²) >= 11 is 0. The van der Waals surface area contributed by atoms with E-state index in [1.54, 1.807) is 19.3 Å². The zero-order chi connectivity index (χ0) is 14.5. The van der Waals surface area contributed by atoms with Crippen LogP contribution in [0.1, 0.15) is 10.5 Å². The van der Waals surface area contributed by atoms with Crippen LogP contribution >= 0.6 is 0 Å². The summed E-state index contributed by atoms with van der Waals surface area (Å²) in [6.45, 7) is 0. The number of nitrogens with zero attached hydrogens (tertiary/aromatic N) is 5. The molecule has 0 aliphatic heterocycles. The van der Waals surface area contributed by atoms with Crippen molar-refractivity contribution in [3.8, 4) is 0 Å². The number of rotatable bonds is 5. The van der Waals surface area contributed by atoms with Gasteiger partial charge in [0.25, 0.3) is 0 Å². The maximum absolute atomic E-state index is 11.4. The highest BCUT2D eigenvalue weighted by Gasteiger charge is 2.12. The highest BCUT2D eigenvalue weighted by molar-refractivity contribution is 6.15. The van der Waals surface area contributed by atoms with Gasteiger partial charge in [-0.3, -0.25) is 10.1 Å². The van der Waals surface area contributed by atoms with Crippen LogP contribution in [0.25, 0.3) is 0 Å². The van der Waals surface area contributed by atoms with Crippen LogP contribution in [-0.2, 0) is 11.8 Å². The van der Waals surface area contributed by atoms with Gasteiger partial charge in [-0.15, -0.1) is 0 Å². The van der Waals surface area contributed by atoms with E-state index in [0.717, 1.165) is 0 Å². The van der Waals surface area contributed by atoms with Gasteiger partial charge in [0.05, 0.1) is 34.5 Å². The quantitative estimate of drug-likeness (QED) is 0.194. The number of hydrogen-bond acceptors (Lipinski definition) is 6. The number of quaternary nitrogens is 1. The molecule has 0 bridgehead atoms. The first-order valence-electron chi connectivity index (χ1n) is 5.60. The number of nitrogens with one attached hydrogen (secondary N) is 1. The number of hydrazone groups is 1. The Morgan fingerprint density at radius 2 is 2.10 bits per heavy atom. The van der Waals surface area contributed by atoms with Crippen molar-refractivity contribution in [2.45, 2.75) is 0 Å². The predicted octanol–water partition coefficient (Wildman–Crippen LogP) is -2.70. The van der Waals surface area contributed by atoms with Crippen molar-refractivity contribution < 1.29 is 38.1 Å². The first-order chi connectivity index (χ1) is 8.83. The third-order valence-corrected chi connectivity index (χ3v) is 2.01. The van der Waals surface area contributed by atoms with E-state index in [4.69, 9.17) is 0 Å². The Labute approximate surface area is 135 Å². The number of carbonyl (C=O) groups is 1. The largest absolute Gasteiger partial charge is 1.00 e. The zero-order valence-corrected chi connectivity index (χ0v) is 14.3. The first kappa shape index (κ1) is 18.5. The maximum atomic E-state index is 11.4. The second-order valence-electron chi connectivity index (χ2n) is 4.63. The fourth-order valence-corrected chi connectivity index (χ4v) is 1.18. The maximum Gasteiger partial charge on any atom is 0.356 e. The Morgan fingerprint density at radius 1 is 1.45 bits per heavy atom. The molecule has 112 valence electrons. The Bertz CT molecular complexity index is 504. The molecule has 1 rings (SSSR count). The molecule has 1 aromatic rings. The fourth-order valence-electron chi connectivity index (χ4n) is 1.18. The Kier molecular flexibility index (Phi) is 7.35. The number of carbonyl (C=O) groups excluding carboxylic acids is 1. The average molecular weight is 394 g/mol. The number of hydrogen-bond donors (Lipinski definition) is 1. The van der Waals surface area contributed by atoms with E-state index in [-0.39, 0.29) is 24.0 Å². The lowest BCUT2D eigenvalue weighted by molar-refractivity contribution is -0.876.